The van der Waals surface area contributed by atoms with Crippen molar-refractivity contribution in [3.63, 3.8) is 0 Å². The van der Waals surface area contributed by atoms with E-state index in [1.807, 2.05) is 0 Å². The first-order valence-corrected chi connectivity index (χ1v) is 6.59. The molecule has 0 aromatic carbocycles. The standard InChI is InChI=1S/C12H14N4O5/c1-21-11-9(16(19)20)10(13-5-14-11)15-6-2-3-8(15)7(4-6)12(17)18/h5-8H,2-4H2,1H3,(H,17,18). The maximum absolute atomic E-state index is 11.3. The summed E-state index contributed by atoms with van der Waals surface area (Å²) in [7, 11) is 1.30. The van der Waals surface area contributed by atoms with Gasteiger partial charge < -0.3 is 14.7 Å². The highest BCUT2D eigenvalue weighted by molar-refractivity contribution is 5.75. The summed E-state index contributed by atoms with van der Waals surface area (Å²) in [5, 5.41) is 20.6. The Morgan fingerprint density at radius 3 is 2.86 bits per heavy atom. The highest BCUT2D eigenvalue weighted by Gasteiger charge is 2.52. The summed E-state index contributed by atoms with van der Waals surface area (Å²) in [6.45, 7) is 0. The monoisotopic (exact) mass is 294 g/mol. The van der Waals surface area contributed by atoms with Crippen LogP contribution in [0.25, 0.3) is 0 Å². The highest BCUT2D eigenvalue weighted by atomic mass is 16.6. The van der Waals surface area contributed by atoms with Crippen LogP contribution in [0.2, 0.25) is 0 Å². The predicted molar refractivity (Wildman–Crippen MR) is 70.3 cm³/mol. The highest BCUT2D eigenvalue weighted by Crippen LogP contribution is 2.47. The topological polar surface area (TPSA) is 119 Å². The lowest BCUT2D eigenvalue weighted by Crippen LogP contribution is -2.34. The molecule has 9 heteroatoms. The number of aromatic nitrogens is 2. The zero-order valence-electron chi connectivity index (χ0n) is 11.3. The van der Waals surface area contributed by atoms with Crippen molar-refractivity contribution >= 4 is 17.5 Å². The Morgan fingerprint density at radius 2 is 2.29 bits per heavy atom. The fourth-order valence-corrected chi connectivity index (χ4v) is 3.44. The van der Waals surface area contributed by atoms with E-state index in [1.54, 1.807) is 4.90 Å². The smallest absolute Gasteiger partial charge is 0.372 e. The number of fused-ring (bicyclic) bond motifs is 2. The average molecular weight is 294 g/mol. The van der Waals surface area contributed by atoms with E-state index in [2.05, 4.69) is 9.97 Å². The molecule has 0 aliphatic carbocycles. The van der Waals surface area contributed by atoms with Gasteiger partial charge in [-0.25, -0.2) is 4.98 Å². The molecule has 0 radical (unpaired) electrons. The summed E-state index contributed by atoms with van der Waals surface area (Å²) in [5.74, 6) is -1.33. The Morgan fingerprint density at radius 1 is 1.52 bits per heavy atom. The minimum absolute atomic E-state index is 0.0330. The second kappa shape index (κ2) is 4.83. The van der Waals surface area contributed by atoms with Crippen molar-refractivity contribution in [1.82, 2.24) is 9.97 Å². The fourth-order valence-electron chi connectivity index (χ4n) is 3.44. The number of nitro groups is 1. The summed E-state index contributed by atoms with van der Waals surface area (Å²) in [6.07, 6.45) is 3.21. The number of aliphatic carboxylic acids is 1. The zero-order chi connectivity index (χ0) is 15.1. The number of carboxylic acid groups (broad SMARTS) is 1. The molecule has 112 valence electrons. The molecule has 1 aromatic heterocycles. The van der Waals surface area contributed by atoms with Crippen LogP contribution in [0.3, 0.4) is 0 Å². The van der Waals surface area contributed by atoms with Crippen molar-refractivity contribution in [3.8, 4) is 5.88 Å². The number of nitrogens with zero attached hydrogens (tertiary/aromatic N) is 4. The molecule has 2 saturated heterocycles. The number of ether oxygens (including phenoxy) is 1. The zero-order valence-corrected chi connectivity index (χ0v) is 11.3. The first-order valence-electron chi connectivity index (χ1n) is 6.59. The van der Waals surface area contributed by atoms with Crippen LogP contribution < -0.4 is 9.64 Å². The van der Waals surface area contributed by atoms with Gasteiger partial charge in [0.1, 0.15) is 6.33 Å². The lowest BCUT2D eigenvalue weighted by molar-refractivity contribution is -0.385. The SMILES string of the molecule is COc1ncnc(N2C3CCC2C(C(=O)O)C3)c1[N+](=O)[O-]. The Labute approximate surface area is 119 Å². The number of carbonyl (C=O) groups is 1. The molecule has 0 spiro atoms. The van der Waals surface area contributed by atoms with Gasteiger partial charge >= 0.3 is 11.7 Å². The third kappa shape index (κ3) is 1.96. The molecule has 0 saturated carbocycles. The van der Waals surface area contributed by atoms with E-state index in [4.69, 9.17) is 4.74 Å². The largest absolute Gasteiger partial charge is 0.481 e. The summed E-state index contributed by atoms with van der Waals surface area (Å²) >= 11 is 0. The van der Waals surface area contributed by atoms with E-state index < -0.39 is 16.8 Å². The van der Waals surface area contributed by atoms with Crippen LogP contribution in [-0.4, -0.2) is 45.2 Å². The molecular weight excluding hydrogens is 280 g/mol. The molecular formula is C12H14N4O5. The van der Waals surface area contributed by atoms with Crippen molar-refractivity contribution in [1.29, 1.82) is 0 Å². The molecule has 1 aromatic rings. The van der Waals surface area contributed by atoms with Crippen molar-refractivity contribution < 1.29 is 19.6 Å². The minimum Gasteiger partial charge on any atom is -0.481 e. The Bertz CT molecular complexity index is 607. The van der Waals surface area contributed by atoms with Crippen LogP contribution in [0.5, 0.6) is 5.88 Å². The minimum atomic E-state index is -0.865. The molecule has 3 rings (SSSR count). The van der Waals surface area contributed by atoms with E-state index in [0.717, 1.165) is 6.42 Å². The first kappa shape index (κ1) is 13.5. The lowest BCUT2D eigenvalue weighted by Gasteiger charge is -2.23. The van der Waals surface area contributed by atoms with Crippen LogP contribution >= 0.6 is 0 Å². The van der Waals surface area contributed by atoms with Gasteiger partial charge in [0.15, 0.2) is 0 Å². The van der Waals surface area contributed by atoms with Gasteiger partial charge in [0.05, 0.1) is 18.0 Å². The van der Waals surface area contributed by atoms with E-state index in [9.17, 15) is 20.0 Å². The normalized spacial score (nSPS) is 26.9. The number of rotatable bonds is 4. The van der Waals surface area contributed by atoms with Crippen molar-refractivity contribution in [2.45, 2.75) is 31.3 Å². The third-order valence-corrected chi connectivity index (χ3v) is 4.24. The molecule has 3 atom stereocenters. The molecule has 2 aliphatic heterocycles. The van der Waals surface area contributed by atoms with Crippen molar-refractivity contribution in [3.05, 3.63) is 16.4 Å². The van der Waals surface area contributed by atoms with Gasteiger partial charge in [-0.3, -0.25) is 14.9 Å². The van der Waals surface area contributed by atoms with Gasteiger partial charge in [-0.1, -0.05) is 0 Å². The number of carboxylic acids is 1. The van der Waals surface area contributed by atoms with E-state index >= 15 is 0 Å². The molecule has 3 unspecified atom stereocenters. The summed E-state index contributed by atoms with van der Waals surface area (Å²) < 4.78 is 4.94. The summed E-state index contributed by atoms with van der Waals surface area (Å²) in [5.41, 5.74) is -0.303. The quantitative estimate of drug-likeness (QED) is 0.640. The molecule has 0 amide bonds. The molecule has 2 aliphatic rings. The van der Waals surface area contributed by atoms with E-state index in [-0.39, 0.29) is 29.5 Å². The van der Waals surface area contributed by atoms with Gasteiger partial charge in [-0.05, 0) is 19.3 Å². The second-order valence-electron chi connectivity index (χ2n) is 5.20. The lowest BCUT2D eigenvalue weighted by atomic mass is 9.89. The second-order valence-corrected chi connectivity index (χ2v) is 5.20. The van der Waals surface area contributed by atoms with Crippen LogP contribution in [0, 0.1) is 16.0 Å². The predicted octanol–water partition coefficient (Wildman–Crippen LogP) is 0.835. The fraction of sp³-hybridized carbons (Fsp3) is 0.583. The van der Waals surface area contributed by atoms with E-state index in [0.29, 0.717) is 12.8 Å². The Balaban J connectivity index is 2.06. The molecule has 21 heavy (non-hydrogen) atoms. The first-order chi connectivity index (χ1) is 10.0. The average Bonchev–Trinajstić information content (AvgIpc) is 3.03. The Hall–Kier alpha value is -2.45. The van der Waals surface area contributed by atoms with Crippen LogP contribution in [0.1, 0.15) is 19.3 Å². The number of hydrogen-bond acceptors (Lipinski definition) is 7. The molecule has 1 N–H and O–H groups in total. The van der Waals surface area contributed by atoms with Gasteiger partial charge in [-0.15, -0.1) is 0 Å². The van der Waals surface area contributed by atoms with E-state index in [1.165, 1.54) is 13.4 Å². The van der Waals surface area contributed by atoms with Gasteiger partial charge in [0.25, 0.3) is 5.88 Å². The van der Waals surface area contributed by atoms with Crippen LogP contribution in [-0.2, 0) is 4.79 Å². The summed E-state index contributed by atoms with van der Waals surface area (Å²) in [6, 6.07) is -0.291. The number of methoxy groups -OCH3 is 1. The van der Waals surface area contributed by atoms with Crippen molar-refractivity contribution in [2.24, 2.45) is 5.92 Å². The third-order valence-electron chi connectivity index (χ3n) is 4.24. The van der Waals surface area contributed by atoms with Gasteiger partial charge in [-0.2, -0.15) is 4.98 Å². The van der Waals surface area contributed by atoms with Crippen LogP contribution in [0.15, 0.2) is 6.33 Å². The molecule has 9 nitrogen and oxygen atoms in total. The maximum Gasteiger partial charge on any atom is 0.372 e. The number of hydrogen-bond donors (Lipinski definition) is 1. The maximum atomic E-state index is 11.3. The summed E-state index contributed by atoms with van der Waals surface area (Å²) in [4.78, 5) is 31.6. The Kier molecular flexibility index (Phi) is 3.11. The van der Waals surface area contributed by atoms with Crippen LogP contribution in [0.4, 0.5) is 11.5 Å². The van der Waals surface area contributed by atoms with Gasteiger partial charge in [0.2, 0.25) is 5.82 Å². The molecule has 2 bridgehead atoms. The van der Waals surface area contributed by atoms with Crippen molar-refractivity contribution in [2.75, 3.05) is 12.0 Å². The molecule has 2 fully saturated rings. The van der Waals surface area contributed by atoms with Gasteiger partial charge in [0, 0.05) is 12.1 Å². The number of anilines is 1. The molecule has 3 heterocycles.